The molecule has 0 bridgehead atoms. The summed E-state index contributed by atoms with van der Waals surface area (Å²) in [6, 6.07) is -0.629. The fourth-order valence-electron chi connectivity index (χ4n) is 2.42. The molecule has 0 aromatic heterocycles. The first-order valence-electron chi connectivity index (χ1n) is 6.78. The average Bonchev–Trinajstić information content (AvgIpc) is 2.34. The Morgan fingerprint density at radius 3 is 2.67 bits per heavy atom. The second-order valence-electron chi connectivity index (χ2n) is 5.17. The van der Waals surface area contributed by atoms with Gasteiger partial charge in [-0.3, -0.25) is 4.79 Å². The van der Waals surface area contributed by atoms with Crippen molar-refractivity contribution in [2.24, 2.45) is 11.7 Å². The Hall–Kier alpha value is -1.10. The fourth-order valence-corrected chi connectivity index (χ4v) is 2.42. The van der Waals surface area contributed by atoms with Gasteiger partial charge in [-0.15, -0.1) is 0 Å². The van der Waals surface area contributed by atoms with Crippen molar-refractivity contribution in [1.82, 2.24) is 4.90 Å². The summed E-state index contributed by atoms with van der Waals surface area (Å²) in [7, 11) is 0. The normalized spacial score (nSPS) is 24.0. The second kappa shape index (κ2) is 7.36. The van der Waals surface area contributed by atoms with Crippen LogP contribution < -0.4 is 5.73 Å². The summed E-state index contributed by atoms with van der Waals surface area (Å²) in [6.45, 7) is 3.26. The van der Waals surface area contributed by atoms with Crippen LogP contribution in [-0.2, 0) is 9.59 Å². The molecule has 5 nitrogen and oxygen atoms in total. The van der Waals surface area contributed by atoms with Gasteiger partial charge >= 0.3 is 5.97 Å². The molecule has 3 N–H and O–H groups in total. The van der Waals surface area contributed by atoms with Gasteiger partial charge in [0, 0.05) is 13.0 Å². The van der Waals surface area contributed by atoms with Crippen LogP contribution in [0.4, 0.5) is 0 Å². The van der Waals surface area contributed by atoms with E-state index < -0.39 is 12.0 Å². The van der Waals surface area contributed by atoms with Gasteiger partial charge in [0.1, 0.15) is 6.04 Å². The van der Waals surface area contributed by atoms with Gasteiger partial charge in [-0.2, -0.15) is 0 Å². The number of nitrogens with two attached hydrogens (primary N) is 1. The van der Waals surface area contributed by atoms with E-state index in [1.54, 1.807) is 4.90 Å². The van der Waals surface area contributed by atoms with Crippen molar-refractivity contribution in [2.45, 2.75) is 51.5 Å². The number of likely N-dealkylation sites (tertiary alicyclic amines) is 1. The largest absolute Gasteiger partial charge is 0.480 e. The molecule has 1 fully saturated rings. The van der Waals surface area contributed by atoms with Gasteiger partial charge in [0.05, 0.1) is 0 Å². The van der Waals surface area contributed by atoms with Crippen LogP contribution in [0.25, 0.3) is 0 Å². The van der Waals surface area contributed by atoms with E-state index in [4.69, 9.17) is 5.73 Å². The van der Waals surface area contributed by atoms with E-state index in [9.17, 15) is 14.7 Å². The van der Waals surface area contributed by atoms with Gasteiger partial charge in [-0.05, 0) is 38.1 Å². The van der Waals surface area contributed by atoms with Crippen LogP contribution in [0.1, 0.15) is 45.4 Å². The molecule has 0 spiro atoms. The number of carboxylic acids is 1. The number of hydrogen-bond acceptors (Lipinski definition) is 3. The number of carbonyl (C=O) groups is 2. The number of aliphatic carboxylic acids is 1. The van der Waals surface area contributed by atoms with Crippen LogP contribution in [0.15, 0.2) is 0 Å². The van der Waals surface area contributed by atoms with E-state index in [2.05, 4.69) is 0 Å². The van der Waals surface area contributed by atoms with Crippen molar-refractivity contribution >= 4 is 11.9 Å². The third-order valence-corrected chi connectivity index (χ3v) is 3.56. The quantitative estimate of drug-likeness (QED) is 0.700. The first kappa shape index (κ1) is 15.0. The van der Waals surface area contributed by atoms with Gasteiger partial charge in [-0.1, -0.05) is 13.3 Å². The Morgan fingerprint density at radius 2 is 2.06 bits per heavy atom. The molecule has 0 aromatic carbocycles. The van der Waals surface area contributed by atoms with Crippen molar-refractivity contribution in [3.8, 4) is 0 Å². The van der Waals surface area contributed by atoms with E-state index in [-0.39, 0.29) is 5.91 Å². The van der Waals surface area contributed by atoms with Crippen LogP contribution in [0, 0.1) is 5.92 Å². The monoisotopic (exact) mass is 256 g/mol. The Kier molecular flexibility index (Phi) is 6.12. The smallest absolute Gasteiger partial charge is 0.326 e. The van der Waals surface area contributed by atoms with Crippen LogP contribution in [0.5, 0.6) is 0 Å². The molecule has 18 heavy (non-hydrogen) atoms. The fraction of sp³-hybridized carbons (Fsp3) is 0.846. The molecule has 5 heteroatoms. The highest BCUT2D eigenvalue weighted by Gasteiger charge is 2.34. The zero-order valence-corrected chi connectivity index (χ0v) is 11.1. The predicted octanol–water partition coefficient (Wildman–Crippen LogP) is 1.22. The number of unbranched alkanes of at least 4 members (excludes halogenated alkanes) is 2. The van der Waals surface area contributed by atoms with E-state index in [0.717, 1.165) is 25.7 Å². The van der Waals surface area contributed by atoms with E-state index in [1.165, 1.54) is 0 Å². The SMILES string of the molecule is CC1CCN(C(=O)CCCCCN)C(C(=O)O)C1. The molecule has 1 heterocycles. The minimum absolute atomic E-state index is 0.0219. The maximum Gasteiger partial charge on any atom is 0.326 e. The minimum Gasteiger partial charge on any atom is -0.480 e. The van der Waals surface area contributed by atoms with Crippen LogP contribution in [-0.4, -0.2) is 41.0 Å². The van der Waals surface area contributed by atoms with Gasteiger partial charge in [0.25, 0.3) is 0 Å². The van der Waals surface area contributed by atoms with Gasteiger partial charge in [-0.25, -0.2) is 4.79 Å². The van der Waals surface area contributed by atoms with E-state index in [1.807, 2.05) is 6.92 Å². The molecule has 2 atom stereocenters. The highest BCUT2D eigenvalue weighted by Crippen LogP contribution is 2.23. The summed E-state index contributed by atoms with van der Waals surface area (Å²) in [6.07, 6.45) is 4.58. The lowest BCUT2D eigenvalue weighted by atomic mass is 9.92. The number of hydrogen-bond donors (Lipinski definition) is 2. The zero-order valence-electron chi connectivity index (χ0n) is 11.1. The molecule has 104 valence electrons. The van der Waals surface area contributed by atoms with E-state index >= 15 is 0 Å². The maximum atomic E-state index is 12.0. The topological polar surface area (TPSA) is 83.6 Å². The predicted molar refractivity (Wildman–Crippen MR) is 69.1 cm³/mol. The number of carbonyl (C=O) groups excluding carboxylic acids is 1. The van der Waals surface area contributed by atoms with Crippen molar-refractivity contribution in [3.63, 3.8) is 0 Å². The maximum absolute atomic E-state index is 12.0. The van der Waals surface area contributed by atoms with E-state index in [0.29, 0.717) is 31.8 Å². The molecule has 1 rings (SSSR count). The zero-order chi connectivity index (χ0) is 13.5. The number of nitrogens with zero attached hydrogens (tertiary/aromatic N) is 1. The molecular weight excluding hydrogens is 232 g/mol. The van der Waals surface area contributed by atoms with Crippen LogP contribution >= 0.6 is 0 Å². The molecule has 0 radical (unpaired) electrons. The summed E-state index contributed by atoms with van der Waals surface area (Å²) in [4.78, 5) is 24.7. The van der Waals surface area contributed by atoms with Crippen molar-refractivity contribution < 1.29 is 14.7 Å². The molecule has 1 aliphatic rings. The third kappa shape index (κ3) is 4.29. The summed E-state index contributed by atoms with van der Waals surface area (Å²) in [5, 5.41) is 9.17. The van der Waals surface area contributed by atoms with Gasteiger partial charge in [0.15, 0.2) is 0 Å². The molecule has 0 aromatic rings. The second-order valence-corrected chi connectivity index (χ2v) is 5.17. The number of piperidine rings is 1. The van der Waals surface area contributed by atoms with Crippen LogP contribution in [0.2, 0.25) is 0 Å². The van der Waals surface area contributed by atoms with Crippen molar-refractivity contribution in [3.05, 3.63) is 0 Å². The summed E-state index contributed by atoms with van der Waals surface area (Å²) in [5.74, 6) is -0.518. The lowest BCUT2D eigenvalue weighted by Crippen LogP contribution is -2.49. The minimum atomic E-state index is -0.878. The first-order valence-corrected chi connectivity index (χ1v) is 6.78. The lowest BCUT2D eigenvalue weighted by molar-refractivity contribution is -0.153. The molecule has 0 aliphatic carbocycles. The van der Waals surface area contributed by atoms with Crippen LogP contribution in [0.3, 0.4) is 0 Å². The van der Waals surface area contributed by atoms with Gasteiger partial charge < -0.3 is 15.7 Å². The Balaban J connectivity index is 2.46. The summed E-state index contributed by atoms with van der Waals surface area (Å²) < 4.78 is 0. The Labute approximate surface area is 108 Å². The molecule has 1 amide bonds. The Bertz CT molecular complexity index is 294. The van der Waals surface area contributed by atoms with Crippen molar-refractivity contribution in [2.75, 3.05) is 13.1 Å². The molecule has 2 unspecified atom stereocenters. The van der Waals surface area contributed by atoms with Crippen molar-refractivity contribution in [1.29, 1.82) is 0 Å². The molecule has 1 saturated heterocycles. The molecule has 0 saturated carbocycles. The number of amides is 1. The average molecular weight is 256 g/mol. The Morgan fingerprint density at radius 1 is 1.33 bits per heavy atom. The molecular formula is C13H24N2O3. The standard InChI is InChI=1S/C13H24N2O3/c1-10-6-8-15(11(9-10)13(17)18)12(16)5-3-2-4-7-14/h10-11H,2-9,14H2,1H3,(H,17,18). The summed E-state index contributed by atoms with van der Waals surface area (Å²) >= 11 is 0. The third-order valence-electron chi connectivity index (χ3n) is 3.56. The highest BCUT2D eigenvalue weighted by atomic mass is 16.4. The lowest BCUT2D eigenvalue weighted by Gasteiger charge is -2.36. The summed E-state index contributed by atoms with van der Waals surface area (Å²) in [5.41, 5.74) is 5.39. The number of carboxylic acid groups (broad SMARTS) is 1. The highest BCUT2D eigenvalue weighted by molar-refractivity contribution is 5.83. The number of rotatable bonds is 6. The first-order chi connectivity index (χ1) is 8.56. The molecule has 1 aliphatic heterocycles. The van der Waals surface area contributed by atoms with Gasteiger partial charge in [0.2, 0.25) is 5.91 Å².